The third kappa shape index (κ3) is 2.72. The van der Waals surface area contributed by atoms with Gasteiger partial charge >= 0.3 is 0 Å². The van der Waals surface area contributed by atoms with Crippen molar-refractivity contribution in [2.45, 2.75) is 27.2 Å². The molecule has 6 aromatic rings. The molecule has 0 aliphatic heterocycles. The summed E-state index contributed by atoms with van der Waals surface area (Å²) in [5, 5.41) is 5.73. The molecule has 0 radical (unpaired) electrons. The Morgan fingerprint density at radius 2 is 1.42 bits per heavy atom. The highest BCUT2D eigenvalue weighted by Gasteiger charge is 2.22. The number of pyridine rings is 2. The number of fused-ring (bicyclic) bond motifs is 4. The fourth-order valence-corrected chi connectivity index (χ4v) is 5.35. The maximum atomic E-state index is 13.8. The number of imidazole rings is 2. The fourth-order valence-electron chi connectivity index (χ4n) is 5.35. The Hall–Kier alpha value is -4.58. The van der Waals surface area contributed by atoms with Gasteiger partial charge in [0.25, 0.3) is 11.1 Å². The second-order valence-electron chi connectivity index (χ2n) is 8.78. The highest BCUT2D eigenvalue weighted by atomic mass is 16.1. The van der Waals surface area contributed by atoms with Crippen LogP contribution in [-0.2, 0) is 0 Å². The Morgan fingerprint density at radius 3 is 2.00 bits per heavy atom. The Morgan fingerprint density at radius 1 is 0.833 bits per heavy atom. The van der Waals surface area contributed by atoms with E-state index in [4.69, 9.17) is 9.97 Å². The van der Waals surface area contributed by atoms with Gasteiger partial charge in [0, 0.05) is 32.3 Å². The van der Waals surface area contributed by atoms with Gasteiger partial charge in [0.2, 0.25) is 0 Å². The molecule has 0 atom stereocenters. The van der Waals surface area contributed by atoms with Crippen molar-refractivity contribution in [1.82, 2.24) is 18.8 Å². The summed E-state index contributed by atoms with van der Waals surface area (Å²) in [4.78, 5) is 37.3. The Bertz CT molecular complexity index is 2160. The van der Waals surface area contributed by atoms with Gasteiger partial charge in [0.15, 0.2) is 0 Å². The van der Waals surface area contributed by atoms with Crippen LogP contribution >= 0.6 is 0 Å². The van der Waals surface area contributed by atoms with E-state index in [0.29, 0.717) is 27.4 Å². The van der Waals surface area contributed by atoms with Gasteiger partial charge in [-0.2, -0.15) is 0 Å². The Balaban J connectivity index is 1.93. The first kappa shape index (κ1) is 21.9. The van der Waals surface area contributed by atoms with Crippen molar-refractivity contribution in [3.8, 4) is 0 Å². The lowest BCUT2D eigenvalue weighted by Gasteiger charge is -2.12. The van der Waals surface area contributed by atoms with Gasteiger partial charge in [-0.3, -0.25) is 18.4 Å². The summed E-state index contributed by atoms with van der Waals surface area (Å²) in [6.45, 7) is 9.70. The van der Waals surface area contributed by atoms with Crippen molar-refractivity contribution in [3.05, 3.63) is 91.9 Å². The molecule has 36 heavy (non-hydrogen) atoms. The topological polar surface area (TPSA) is 68.7 Å². The number of nitrogens with zero attached hydrogens (tertiary/aromatic N) is 4. The van der Waals surface area contributed by atoms with Gasteiger partial charge in [0.05, 0.1) is 22.1 Å². The molecule has 6 heteroatoms. The minimum absolute atomic E-state index is 0.153. The van der Waals surface area contributed by atoms with Crippen LogP contribution in [0.4, 0.5) is 0 Å². The van der Waals surface area contributed by atoms with Gasteiger partial charge < -0.3 is 0 Å². The number of aromatic nitrogens is 4. The normalized spacial score (nSPS) is 14.0. The van der Waals surface area contributed by atoms with Crippen LogP contribution in [-0.4, -0.2) is 18.8 Å². The van der Waals surface area contributed by atoms with E-state index in [9.17, 15) is 9.59 Å². The first-order valence-electron chi connectivity index (χ1n) is 12.0. The molecular weight excluding hydrogens is 448 g/mol. The van der Waals surface area contributed by atoms with Crippen LogP contribution in [0.2, 0.25) is 0 Å². The predicted octanol–water partition coefficient (Wildman–Crippen LogP) is 4.26. The molecule has 0 unspecified atom stereocenters. The van der Waals surface area contributed by atoms with E-state index in [1.54, 1.807) is 27.0 Å². The van der Waals surface area contributed by atoms with E-state index in [0.717, 1.165) is 44.7 Å². The van der Waals surface area contributed by atoms with E-state index < -0.39 is 0 Å². The summed E-state index contributed by atoms with van der Waals surface area (Å²) >= 11 is 0. The van der Waals surface area contributed by atoms with E-state index >= 15 is 0 Å². The second-order valence-corrected chi connectivity index (χ2v) is 8.78. The molecule has 4 heterocycles. The van der Waals surface area contributed by atoms with E-state index in [1.807, 2.05) is 69.4 Å². The number of hydrogen-bond acceptors (Lipinski definition) is 4. The minimum Gasteiger partial charge on any atom is -0.268 e. The van der Waals surface area contributed by atoms with Crippen LogP contribution in [0.3, 0.4) is 0 Å². The standard InChI is InChI=1S/C30H24N4O2/c1-5-9-21-23(11-7-3)33-27(31-21)17-13-14-18-26-20(16-15-19(25(17)26)29(33)35)30(36)34-24(12-8-4)22(10-6-2)32-28(18)34/h6-16H,3,5H2,1-2,4H3/b10-6-,12-8-,21-9+,23-11+. The zero-order valence-corrected chi connectivity index (χ0v) is 20.4. The maximum absolute atomic E-state index is 13.8. The lowest BCUT2D eigenvalue weighted by Crippen LogP contribution is -2.32. The lowest BCUT2D eigenvalue weighted by atomic mass is 9.96. The Kier molecular flexibility index (Phi) is 4.86. The summed E-state index contributed by atoms with van der Waals surface area (Å²) in [6.07, 6.45) is 13.9. The molecule has 0 saturated carbocycles. The third-order valence-electron chi connectivity index (χ3n) is 6.71. The van der Waals surface area contributed by atoms with Crippen LogP contribution < -0.4 is 21.8 Å². The SMILES string of the molecule is C=C/C=c1\c(=C/CC)nc2c3ccc4c5c(ccc(c(=O)n12)c35)c(=O)n1c(/C=C\C)c(/C=C\C)nc41. The minimum atomic E-state index is -0.164. The van der Waals surface area contributed by atoms with Crippen molar-refractivity contribution < 1.29 is 0 Å². The average molecular weight is 473 g/mol. The summed E-state index contributed by atoms with van der Waals surface area (Å²) in [7, 11) is 0. The summed E-state index contributed by atoms with van der Waals surface area (Å²) in [6, 6.07) is 7.51. The molecule has 176 valence electrons. The molecule has 0 N–H and O–H groups in total. The van der Waals surface area contributed by atoms with Crippen molar-refractivity contribution in [2.24, 2.45) is 0 Å². The van der Waals surface area contributed by atoms with Crippen LogP contribution in [0.25, 0.3) is 67.9 Å². The molecule has 0 spiro atoms. The van der Waals surface area contributed by atoms with Crippen molar-refractivity contribution in [3.63, 3.8) is 0 Å². The molecule has 0 saturated heterocycles. The first-order valence-corrected chi connectivity index (χ1v) is 12.0. The fraction of sp³-hybridized carbons (Fsp3) is 0.133. The predicted molar refractivity (Wildman–Crippen MR) is 149 cm³/mol. The van der Waals surface area contributed by atoms with Crippen LogP contribution in [0.15, 0.2) is 58.7 Å². The van der Waals surface area contributed by atoms with E-state index in [1.165, 1.54) is 0 Å². The molecule has 6 rings (SSSR count). The summed E-state index contributed by atoms with van der Waals surface area (Å²) < 4.78 is 3.33. The van der Waals surface area contributed by atoms with Crippen molar-refractivity contribution in [1.29, 1.82) is 0 Å². The van der Waals surface area contributed by atoms with Gasteiger partial charge in [-0.05, 0) is 62.8 Å². The quantitative estimate of drug-likeness (QED) is 0.360. The third-order valence-corrected chi connectivity index (χ3v) is 6.71. The highest BCUT2D eigenvalue weighted by molar-refractivity contribution is 6.27. The lowest BCUT2D eigenvalue weighted by molar-refractivity contribution is 1.09. The number of hydrogen-bond donors (Lipinski definition) is 0. The summed E-state index contributed by atoms with van der Waals surface area (Å²) in [5.41, 5.74) is 2.31. The van der Waals surface area contributed by atoms with Crippen LogP contribution in [0.1, 0.15) is 38.6 Å². The van der Waals surface area contributed by atoms with E-state index in [-0.39, 0.29) is 11.1 Å². The molecule has 0 amide bonds. The maximum Gasteiger partial charge on any atom is 0.264 e. The molecular formula is C30H24N4O2. The summed E-state index contributed by atoms with van der Waals surface area (Å²) in [5.74, 6) is 0. The van der Waals surface area contributed by atoms with Crippen molar-refractivity contribution in [2.75, 3.05) is 0 Å². The van der Waals surface area contributed by atoms with Gasteiger partial charge in [-0.1, -0.05) is 37.8 Å². The van der Waals surface area contributed by atoms with E-state index in [2.05, 4.69) is 6.58 Å². The average Bonchev–Trinajstić information content (AvgIpc) is 3.41. The smallest absolute Gasteiger partial charge is 0.264 e. The Labute approximate surface area is 205 Å². The zero-order chi connectivity index (χ0) is 25.1. The van der Waals surface area contributed by atoms with Crippen molar-refractivity contribution >= 4 is 67.9 Å². The van der Waals surface area contributed by atoms with Gasteiger partial charge in [0.1, 0.15) is 11.3 Å². The monoisotopic (exact) mass is 472 g/mol. The molecule has 0 aliphatic carbocycles. The molecule has 2 aromatic carbocycles. The molecule has 4 aromatic heterocycles. The zero-order valence-electron chi connectivity index (χ0n) is 20.4. The van der Waals surface area contributed by atoms with Crippen LogP contribution in [0.5, 0.6) is 0 Å². The van der Waals surface area contributed by atoms with Crippen LogP contribution in [0, 0.1) is 0 Å². The molecule has 6 nitrogen and oxygen atoms in total. The second kappa shape index (κ2) is 7.99. The molecule has 0 aliphatic rings. The largest absolute Gasteiger partial charge is 0.268 e. The molecule has 0 fully saturated rings. The first-order chi connectivity index (χ1) is 17.5. The number of allylic oxidation sites excluding steroid dienone is 3. The number of rotatable bonds is 4. The highest BCUT2D eigenvalue weighted by Crippen LogP contribution is 2.35. The molecule has 0 bridgehead atoms. The van der Waals surface area contributed by atoms with Gasteiger partial charge in [-0.15, -0.1) is 0 Å². The number of benzene rings is 2. The van der Waals surface area contributed by atoms with Gasteiger partial charge in [-0.25, -0.2) is 9.97 Å².